The topological polar surface area (TPSA) is 69.3 Å². The van der Waals surface area contributed by atoms with E-state index in [4.69, 9.17) is 4.74 Å². The van der Waals surface area contributed by atoms with Crippen molar-refractivity contribution in [2.45, 2.75) is 6.04 Å². The Bertz CT molecular complexity index is 802. The van der Waals surface area contributed by atoms with Crippen molar-refractivity contribution in [2.24, 2.45) is 0 Å². The second kappa shape index (κ2) is 7.76. The van der Waals surface area contributed by atoms with Gasteiger partial charge in [0.2, 0.25) is 5.95 Å². The summed E-state index contributed by atoms with van der Waals surface area (Å²) < 4.78 is 7.22. The molecule has 0 aliphatic rings. The van der Waals surface area contributed by atoms with Gasteiger partial charge in [-0.25, -0.2) is 0 Å². The zero-order chi connectivity index (χ0) is 17.6. The standard InChI is InChI=1S/C18H22N6O/c1-23(2)16(15-11-7-8-12-17(15)25-3)13-19-18-20-21-22-24(18)14-9-5-4-6-10-14/h4-12,16H,13H2,1-3H3,(H,19,20,22)/p+1/t16-/m0/s1. The van der Waals surface area contributed by atoms with E-state index in [2.05, 4.69) is 41.0 Å². The van der Waals surface area contributed by atoms with Crippen molar-refractivity contribution in [2.75, 3.05) is 33.1 Å². The number of nitrogens with one attached hydrogen (secondary N) is 2. The Labute approximate surface area is 147 Å². The van der Waals surface area contributed by atoms with E-state index in [-0.39, 0.29) is 6.04 Å². The van der Waals surface area contributed by atoms with Gasteiger partial charge >= 0.3 is 0 Å². The molecule has 2 aromatic carbocycles. The number of quaternary nitrogens is 1. The first-order chi connectivity index (χ1) is 12.2. The van der Waals surface area contributed by atoms with Gasteiger partial charge in [0.1, 0.15) is 11.8 Å². The number of methoxy groups -OCH3 is 1. The van der Waals surface area contributed by atoms with E-state index in [1.54, 1.807) is 11.8 Å². The molecule has 0 saturated heterocycles. The van der Waals surface area contributed by atoms with Gasteiger partial charge in [0, 0.05) is 0 Å². The molecule has 0 bridgehead atoms. The summed E-state index contributed by atoms with van der Waals surface area (Å²) in [7, 11) is 5.95. The quantitative estimate of drug-likeness (QED) is 0.671. The van der Waals surface area contributed by atoms with Crippen molar-refractivity contribution in [3.05, 3.63) is 60.2 Å². The molecule has 1 aromatic heterocycles. The zero-order valence-corrected chi connectivity index (χ0v) is 14.7. The Hall–Kier alpha value is -2.93. The van der Waals surface area contributed by atoms with E-state index in [1.807, 2.05) is 48.5 Å². The molecule has 0 amide bonds. The number of hydrogen-bond acceptors (Lipinski definition) is 5. The number of likely N-dealkylation sites (N-methyl/N-ethyl adjacent to an activating group) is 1. The van der Waals surface area contributed by atoms with Crippen molar-refractivity contribution in [3.8, 4) is 11.4 Å². The van der Waals surface area contributed by atoms with Gasteiger partial charge in [-0.2, -0.15) is 4.68 Å². The summed E-state index contributed by atoms with van der Waals surface area (Å²) in [6.45, 7) is 0.677. The second-order valence-corrected chi connectivity index (χ2v) is 6.00. The van der Waals surface area contributed by atoms with Gasteiger partial charge in [-0.3, -0.25) is 0 Å². The van der Waals surface area contributed by atoms with Crippen LogP contribution in [-0.4, -0.2) is 48.0 Å². The molecule has 0 aliphatic heterocycles. The highest BCUT2D eigenvalue weighted by molar-refractivity contribution is 5.40. The van der Waals surface area contributed by atoms with Crippen LogP contribution in [0.25, 0.3) is 5.69 Å². The number of aromatic nitrogens is 4. The van der Waals surface area contributed by atoms with Crippen LogP contribution in [0.5, 0.6) is 5.75 Å². The Morgan fingerprint density at radius 1 is 1.08 bits per heavy atom. The van der Waals surface area contributed by atoms with Crippen LogP contribution >= 0.6 is 0 Å². The first kappa shape index (κ1) is 16.9. The molecule has 0 fully saturated rings. The molecular formula is C18H23N6O+. The highest BCUT2D eigenvalue weighted by Gasteiger charge is 2.22. The van der Waals surface area contributed by atoms with Gasteiger partial charge < -0.3 is 15.0 Å². The van der Waals surface area contributed by atoms with Crippen molar-refractivity contribution in [1.29, 1.82) is 0 Å². The molecule has 0 saturated carbocycles. The molecule has 3 rings (SSSR count). The number of para-hydroxylation sites is 2. The van der Waals surface area contributed by atoms with Crippen molar-refractivity contribution < 1.29 is 9.64 Å². The van der Waals surface area contributed by atoms with Gasteiger partial charge in [0.25, 0.3) is 0 Å². The smallest absolute Gasteiger partial charge is 0.247 e. The number of hydrogen-bond donors (Lipinski definition) is 2. The molecule has 130 valence electrons. The minimum atomic E-state index is 0.192. The SMILES string of the molecule is COc1ccccc1[C@H](CNc1nnnn1-c1ccccc1)[NH+](C)C. The number of anilines is 1. The molecule has 0 aliphatic carbocycles. The summed E-state index contributed by atoms with van der Waals surface area (Å²) in [5.74, 6) is 1.51. The predicted octanol–water partition coefficient (Wildman–Crippen LogP) is 0.969. The fourth-order valence-corrected chi connectivity index (χ4v) is 2.81. The van der Waals surface area contributed by atoms with Crippen LogP contribution in [0.4, 0.5) is 5.95 Å². The molecule has 25 heavy (non-hydrogen) atoms. The number of nitrogens with zero attached hydrogens (tertiary/aromatic N) is 4. The summed E-state index contributed by atoms with van der Waals surface area (Å²) in [5.41, 5.74) is 2.07. The number of ether oxygens (including phenoxy) is 1. The van der Waals surface area contributed by atoms with Crippen LogP contribution in [0.1, 0.15) is 11.6 Å². The molecule has 3 aromatic rings. The number of tetrazole rings is 1. The minimum absolute atomic E-state index is 0.192. The maximum absolute atomic E-state index is 5.52. The lowest BCUT2D eigenvalue weighted by Gasteiger charge is -2.23. The predicted molar refractivity (Wildman–Crippen MR) is 96.2 cm³/mol. The van der Waals surface area contributed by atoms with E-state index in [1.165, 1.54) is 4.90 Å². The Kier molecular flexibility index (Phi) is 5.25. The number of benzene rings is 2. The molecule has 0 spiro atoms. The summed E-state index contributed by atoms with van der Waals surface area (Å²) in [5, 5.41) is 15.4. The monoisotopic (exact) mass is 339 g/mol. The van der Waals surface area contributed by atoms with Crippen LogP contribution in [0.3, 0.4) is 0 Å². The first-order valence-electron chi connectivity index (χ1n) is 8.21. The normalized spacial score (nSPS) is 12.2. The fourth-order valence-electron chi connectivity index (χ4n) is 2.81. The highest BCUT2D eigenvalue weighted by Crippen LogP contribution is 2.23. The molecule has 7 heteroatoms. The lowest BCUT2D eigenvalue weighted by atomic mass is 10.0. The average Bonchev–Trinajstić information content (AvgIpc) is 3.11. The summed E-state index contributed by atoms with van der Waals surface area (Å²) >= 11 is 0. The van der Waals surface area contributed by atoms with E-state index in [0.29, 0.717) is 12.5 Å². The van der Waals surface area contributed by atoms with Gasteiger partial charge in [0.05, 0.1) is 39.0 Å². The van der Waals surface area contributed by atoms with E-state index in [9.17, 15) is 0 Å². The van der Waals surface area contributed by atoms with Crippen LogP contribution < -0.4 is 15.0 Å². The number of rotatable bonds is 7. The molecule has 1 atom stereocenters. The van der Waals surface area contributed by atoms with Crippen LogP contribution in [0.2, 0.25) is 0 Å². The fraction of sp³-hybridized carbons (Fsp3) is 0.278. The first-order valence-corrected chi connectivity index (χ1v) is 8.21. The van der Waals surface area contributed by atoms with Gasteiger partial charge in [-0.1, -0.05) is 35.4 Å². The van der Waals surface area contributed by atoms with Gasteiger partial charge in [0.15, 0.2) is 0 Å². The molecule has 1 heterocycles. The van der Waals surface area contributed by atoms with Gasteiger partial charge in [-0.05, 0) is 34.7 Å². The van der Waals surface area contributed by atoms with Crippen LogP contribution in [-0.2, 0) is 0 Å². The van der Waals surface area contributed by atoms with E-state index < -0.39 is 0 Å². The maximum atomic E-state index is 5.52. The molecule has 7 nitrogen and oxygen atoms in total. The maximum Gasteiger partial charge on any atom is 0.247 e. The Morgan fingerprint density at radius 2 is 1.80 bits per heavy atom. The van der Waals surface area contributed by atoms with Crippen LogP contribution in [0, 0.1) is 0 Å². The van der Waals surface area contributed by atoms with Crippen molar-refractivity contribution >= 4 is 5.95 Å². The highest BCUT2D eigenvalue weighted by atomic mass is 16.5. The van der Waals surface area contributed by atoms with Crippen molar-refractivity contribution in [1.82, 2.24) is 20.2 Å². The summed E-state index contributed by atoms with van der Waals surface area (Å²) in [6.07, 6.45) is 0. The Balaban J connectivity index is 1.81. The molecule has 0 unspecified atom stereocenters. The second-order valence-electron chi connectivity index (χ2n) is 6.00. The lowest BCUT2D eigenvalue weighted by molar-refractivity contribution is -0.890. The lowest BCUT2D eigenvalue weighted by Crippen LogP contribution is -3.06. The summed E-state index contributed by atoms with van der Waals surface area (Å²) in [4.78, 5) is 1.29. The van der Waals surface area contributed by atoms with Crippen molar-refractivity contribution in [3.63, 3.8) is 0 Å². The largest absolute Gasteiger partial charge is 0.496 e. The Morgan fingerprint density at radius 3 is 2.52 bits per heavy atom. The molecule has 0 radical (unpaired) electrons. The van der Waals surface area contributed by atoms with E-state index in [0.717, 1.165) is 17.0 Å². The average molecular weight is 339 g/mol. The zero-order valence-electron chi connectivity index (χ0n) is 14.7. The molecule has 2 N–H and O–H groups in total. The van der Waals surface area contributed by atoms with Crippen LogP contribution in [0.15, 0.2) is 54.6 Å². The molecular weight excluding hydrogens is 316 g/mol. The van der Waals surface area contributed by atoms with Gasteiger partial charge in [-0.15, -0.1) is 0 Å². The summed E-state index contributed by atoms with van der Waals surface area (Å²) in [6, 6.07) is 18.1. The third-order valence-corrected chi connectivity index (χ3v) is 4.15. The van der Waals surface area contributed by atoms with E-state index >= 15 is 0 Å². The third-order valence-electron chi connectivity index (χ3n) is 4.15. The third kappa shape index (κ3) is 3.77. The minimum Gasteiger partial charge on any atom is -0.496 e.